The smallest absolute Gasteiger partial charge is 0.171 e. The largest absolute Gasteiger partial charge is 0.453 e. The molecular weight excluding hydrogens is 252 g/mol. The Morgan fingerprint density at radius 3 is 2.65 bits per heavy atom. The first-order chi connectivity index (χ1) is 9.69. The maximum atomic E-state index is 9.14. The number of nitrogens with zero attached hydrogens (tertiary/aromatic N) is 2. The van der Waals surface area contributed by atoms with Gasteiger partial charge in [-0.25, -0.2) is 0 Å². The minimum Gasteiger partial charge on any atom is -0.453 e. The van der Waals surface area contributed by atoms with Crippen LogP contribution in [0.2, 0.25) is 0 Å². The van der Waals surface area contributed by atoms with Crippen LogP contribution in [0.15, 0.2) is 24.3 Å². The van der Waals surface area contributed by atoms with Gasteiger partial charge in [-0.1, -0.05) is 26.0 Å². The molecule has 0 atom stereocenters. The van der Waals surface area contributed by atoms with Crippen molar-refractivity contribution in [2.45, 2.75) is 40.2 Å². The first kappa shape index (κ1) is 14.6. The summed E-state index contributed by atoms with van der Waals surface area (Å²) >= 11 is 0. The molecule has 0 fully saturated rings. The maximum absolute atomic E-state index is 9.14. The molecule has 20 heavy (non-hydrogen) atoms. The second-order valence-corrected chi connectivity index (χ2v) is 4.79. The van der Waals surface area contributed by atoms with E-state index in [0.29, 0.717) is 6.54 Å². The van der Waals surface area contributed by atoms with Crippen molar-refractivity contribution in [3.8, 4) is 11.5 Å². The molecule has 0 saturated heterocycles. The van der Waals surface area contributed by atoms with E-state index in [-0.39, 0.29) is 6.61 Å². The van der Waals surface area contributed by atoms with Gasteiger partial charge >= 0.3 is 0 Å². The van der Waals surface area contributed by atoms with Gasteiger partial charge in [0.25, 0.3) is 0 Å². The number of aryl methyl sites for hydroxylation is 2. The van der Waals surface area contributed by atoms with Crippen LogP contribution in [0.4, 0.5) is 0 Å². The lowest BCUT2D eigenvalue weighted by Gasteiger charge is -2.09. The van der Waals surface area contributed by atoms with Crippen LogP contribution < -0.4 is 4.74 Å². The molecule has 0 aliphatic carbocycles. The van der Waals surface area contributed by atoms with Gasteiger partial charge in [-0.05, 0) is 37.5 Å². The second kappa shape index (κ2) is 6.57. The molecule has 1 aromatic heterocycles. The summed E-state index contributed by atoms with van der Waals surface area (Å²) in [6.45, 7) is 6.78. The highest BCUT2D eigenvalue weighted by Gasteiger charge is 2.17. The number of aliphatic hydroxyl groups excluding tert-OH is 1. The molecule has 1 aromatic carbocycles. The molecule has 1 N–H and O–H groups in total. The first-order valence-corrected chi connectivity index (χ1v) is 7.13. The van der Waals surface area contributed by atoms with Crippen LogP contribution in [0.5, 0.6) is 11.5 Å². The number of benzene rings is 1. The van der Waals surface area contributed by atoms with E-state index < -0.39 is 0 Å². The third kappa shape index (κ3) is 3.02. The zero-order chi connectivity index (χ0) is 14.5. The minimum atomic E-state index is 0.0850. The van der Waals surface area contributed by atoms with E-state index in [1.54, 1.807) is 0 Å². The molecule has 4 heteroatoms. The van der Waals surface area contributed by atoms with E-state index in [2.05, 4.69) is 18.9 Å². The van der Waals surface area contributed by atoms with Crippen molar-refractivity contribution < 1.29 is 9.84 Å². The van der Waals surface area contributed by atoms with E-state index in [0.717, 1.165) is 35.7 Å². The molecule has 0 bridgehead atoms. The van der Waals surface area contributed by atoms with Crippen molar-refractivity contribution in [3.05, 3.63) is 41.2 Å². The summed E-state index contributed by atoms with van der Waals surface area (Å²) in [4.78, 5) is 0. The van der Waals surface area contributed by atoms with E-state index in [1.807, 2.05) is 35.9 Å². The normalized spacial score (nSPS) is 10.8. The average molecular weight is 274 g/mol. The molecule has 2 rings (SSSR count). The highest BCUT2D eigenvalue weighted by Crippen LogP contribution is 2.30. The predicted octanol–water partition coefficient (Wildman–Crippen LogP) is 3.10. The van der Waals surface area contributed by atoms with Crippen molar-refractivity contribution in [3.63, 3.8) is 0 Å². The Kier molecular flexibility index (Phi) is 4.79. The Balaban J connectivity index is 2.38. The van der Waals surface area contributed by atoms with Gasteiger partial charge in [0.1, 0.15) is 11.4 Å². The Bertz CT molecular complexity index is 576. The SMILES string of the molecule is CCc1nn(CCO)c(CC)c1Oc1cccc(C)c1. The van der Waals surface area contributed by atoms with Gasteiger partial charge in [-0.3, -0.25) is 4.68 Å². The predicted molar refractivity (Wildman–Crippen MR) is 79.3 cm³/mol. The van der Waals surface area contributed by atoms with Crippen LogP contribution in [-0.2, 0) is 19.4 Å². The molecule has 2 aromatic rings. The molecule has 0 aliphatic heterocycles. The fourth-order valence-corrected chi connectivity index (χ4v) is 2.30. The van der Waals surface area contributed by atoms with Gasteiger partial charge in [0, 0.05) is 0 Å². The topological polar surface area (TPSA) is 47.3 Å². The van der Waals surface area contributed by atoms with E-state index in [9.17, 15) is 0 Å². The Labute approximate surface area is 120 Å². The summed E-state index contributed by atoms with van der Waals surface area (Å²) < 4.78 is 7.92. The van der Waals surface area contributed by atoms with Gasteiger partial charge in [-0.15, -0.1) is 0 Å². The van der Waals surface area contributed by atoms with Crippen LogP contribution in [0.25, 0.3) is 0 Å². The molecule has 0 radical (unpaired) electrons. The van der Waals surface area contributed by atoms with E-state index in [4.69, 9.17) is 9.84 Å². The third-order valence-corrected chi connectivity index (χ3v) is 3.27. The summed E-state index contributed by atoms with van der Waals surface area (Å²) in [7, 11) is 0. The minimum absolute atomic E-state index is 0.0850. The van der Waals surface area contributed by atoms with Gasteiger partial charge in [0.2, 0.25) is 0 Å². The zero-order valence-corrected chi connectivity index (χ0v) is 12.4. The summed E-state index contributed by atoms with van der Waals surface area (Å²) in [5.74, 6) is 1.67. The standard InChI is InChI=1S/C16H22N2O2/c1-4-14-16(15(5-2)18(17-14)9-10-19)20-13-8-6-7-12(3)11-13/h6-8,11,19H,4-5,9-10H2,1-3H3. The van der Waals surface area contributed by atoms with Crippen molar-refractivity contribution in [2.75, 3.05) is 6.61 Å². The molecular formula is C16H22N2O2. The number of hydrogen-bond donors (Lipinski definition) is 1. The van der Waals surface area contributed by atoms with Crippen LogP contribution in [0, 0.1) is 6.92 Å². The van der Waals surface area contributed by atoms with Gasteiger partial charge in [-0.2, -0.15) is 5.10 Å². The highest BCUT2D eigenvalue weighted by atomic mass is 16.5. The second-order valence-electron chi connectivity index (χ2n) is 4.79. The van der Waals surface area contributed by atoms with Crippen molar-refractivity contribution >= 4 is 0 Å². The summed E-state index contributed by atoms with van der Waals surface area (Å²) in [5, 5.41) is 13.7. The van der Waals surface area contributed by atoms with Gasteiger partial charge in [0.05, 0.1) is 18.8 Å². The monoisotopic (exact) mass is 274 g/mol. The fraction of sp³-hybridized carbons (Fsp3) is 0.438. The molecule has 0 aliphatic rings. The maximum Gasteiger partial charge on any atom is 0.171 e. The number of aliphatic hydroxyl groups is 1. The Morgan fingerprint density at radius 2 is 2.05 bits per heavy atom. The number of ether oxygens (including phenoxy) is 1. The third-order valence-electron chi connectivity index (χ3n) is 3.27. The Hall–Kier alpha value is -1.81. The number of aromatic nitrogens is 2. The lowest BCUT2D eigenvalue weighted by Crippen LogP contribution is -2.07. The molecule has 108 valence electrons. The molecule has 0 spiro atoms. The van der Waals surface area contributed by atoms with Crippen LogP contribution >= 0.6 is 0 Å². The lowest BCUT2D eigenvalue weighted by atomic mass is 10.2. The van der Waals surface area contributed by atoms with Crippen LogP contribution in [0.1, 0.15) is 30.8 Å². The van der Waals surface area contributed by atoms with Gasteiger partial charge < -0.3 is 9.84 Å². The summed E-state index contributed by atoms with van der Waals surface area (Å²) in [6, 6.07) is 8.00. The molecule has 0 saturated carbocycles. The summed E-state index contributed by atoms with van der Waals surface area (Å²) in [6.07, 6.45) is 1.64. The lowest BCUT2D eigenvalue weighted by molar-refractivity contribution is 0.267. The number of hydrogen-bond acceptors (Lipinski definition) is 3. The molecule has 0 unspecified atom stereocenters. The quantitative estimate of drug-likeness (QED) is 0.880. The highest BCUT2D eigenvalue weighted by molar-refractivity contribution is 5.39. The fourth-order valence-electron chi connectivity index (χ4n) is 2.30. The van der Waals surface area contributed by atoms with Crippen molar-refractivity contribution in [1.29, 1.82) is 0 Å². The van der Waals surface area contributed by atoms with Crippen LogP contribution in [0.3, 0.4) is 0 Å². The first-order valence-electron chi connectivity index (χ1n) is 7.13. The zero-order valence-electron chi connectivity index (χ0n) is 12.4. The van der Waals surface area contributed by atoms with E-state index >= 15 is 0 Å². The molecule has 4 nitrogen and oxygen atoms in total. The number of rotatable bonds is 6. The molecule has 0 amide bonds. The Morgan fingerprint density at radius 1 is 1.25 bits per heavy atom. The van der Waals surface area contributed by atoms with Crippen LogP contribution in [-0.4, -0.2) is 21.5 Å². The van der Waals surface area contributed by atoms with Gasteiger partial charge in [0.15, 0.2) is 5.75 Å². The molecule has 1 heterocycles. The van der Waals surface area contributed by atoms with Crippen molar-refractivity contribution in [2.24, 2.45) is 0 Å². The summed E-state index contributed by atoms with van der Waals surface area (Å²) in [5.41, 5.74) is 3.15. The van der Waals surface area contributed by atoms with Crippen molar-refractivity contribution in [1.82, 2.24) is 9.78 Å². The van der Waals surface area contributed by atoms with E-state index in [1.165, 1.54) is 5.56 Å². The average Bonchev–Trinajstić information content (AvgIpc) is 2.76.